The number of amides is 2. The highest BCUT2D eigenvalue weighted by molar-refractivity contribution is 8.02. The number of methoxy groups -OCH3 is 1. The second-order valence-electron chi connectivity index (χ2n) is 4.99. The fourth-order valence-electron chi connectivity index (χ4n) is 2.00. The molecule has 1 atom stereocenters. The minimum atomic E-state index is -0.756. The van der Waals surface area contributed by atoms with E-state index in [-0.39, 0.29) is 17.9 Å². The first-order valence-electron chi connectivity index (χ1n) is 7.34. The zero-order chi connectivity index (χ0) is 17.6. The number of hydrogen-bond acceptors (Lipinski definition) is 6. The molecule has 7 nitrogen and oxygen atoms in total. The summed E-state index contributed by atoms with van der Waals surface area (Å²) >= 11 is 1.59. The Morgan fingerprint density at radius 3 is 2.76 bits per heavy atom. The van der Waals surface area contributed by atoms with Gasteiger partial charge in [0.1, 0.15) is 11.5 Å². The minimum absolute atomic E-state index is 0.0850. The number of carbonyl (C=O) groups is 1. The van der Waals surface area contributed by atoms with Crippen LogP contribution in [-0.4, -0.2) is 34.9 Å². The van der Waals surface area contributed by atoms with Crippen molar-refractivity contribution in [2.24, 2.45) is 0 Å². The lowest BCUT2D eigenvalue weighted by atomic mass is 10.3. The van der Waals surface area contributed by atoms with Gasteiger partial charge in [0.2, 0.25) is 0 Å². The first-order chi connectivity index (χ1) is 12.1. The summed E-state index contributed by atoms with van der Waals surface area (Å²) in [7, 11) is 1.56. The number of urea groups is 1. The Labute approximate surface area is 147 Å². The highest BCUT2D eigenvalue weighted by Crippen LogP contribution is 2.23. The number of carbonyl (C=O) groups excluding carboxylic acids is 1. The van der Waals surface area contributed by atoms with E-state index >= 15 is 0 Å². The first-order valence-corrected chi connectivity index (χ1v) is 8.39. The zero-order valence-corrected chi connectivity index (χ0v) is 14.0. The van der Waals surface area contributed by atoms with Crippen molar-refractivity contribution in [2.45, 2.75) is 6.04 Å². The van der Waals surface area contributed by atoms with E-state index < -0.39 is 11.8 Å². The fraction of sp³-hybridized carbons (Fsp3) is 0.188. The zero-order valence-electron chi connectivity index (χ0n) is 13.2. The molecule has 1 aliphatic rings. The number of hydrogen-bond donors (Lipinski definition) is 2. The van der Waals surface area contributed by atoms with Crippen LogP contribution in [0, 0.1) is 5.82 Å². The van der Waals surface area contributed by atoms with Crippen molar-refractivity contribution in [3.63, 3.8) is 0 Å². The topological polar surface area (TPSA) is 85.4 Å². The molecule has 1 aromatic carbocycles. The molecule has 1 aliphatic heterocycles. The van der Waals surface area contributed by atoms with E-state index in [4.69, 9.17) is 9.47 Å². The second-order valence-corrected chi connectivity index (χ2v) is 5.93. The van der Waals surface area contributed by atoms with Crippen molar-refractivity contribution in [3.05, 3.63) is 47.8 Å². The maximum Gasteiger partial charge on any atom is 0.324 e. The lowest BCUT2D eigenvalue weighted by Crippen LogP contribution is -2.37. The minimum Gasteiger partial charge on any atom is -0.497 e. The third kappa shape index (κ3) is 4.60. The van der Waals surface area contributed by atoms with E-state index in [0.717, 1.165) is 11.9 Å². The summed E-state index contributed by atoms with van der Waals surface area (Å²) in [6.45, 7) is 0. The number of nitrogens with zero attached hydrogens (tertiary/aromatic N) is 2. The van der Waals surface area contributed by atoms with Crippen LogP contribution >= 0.6 is 11.8 Å². The van der Waals surface area contributed by atoms with Crippen molar-refractivity contribution in [1.29, 1.82) is 0 Å². The van der Waals surface area contributed by atoms with Crippen molar-refractivity contribution >= 4 is 23.6 Å². The number of halogens is 1. The number of aromatic nitrogens is 2. The van der Waals surface area contributed by atoms with Gasteiger partial charge in [0.05, 0.1) is 19.3 Å². The summed E-state index contributed by atoms with van der Waals surface area (Å²) in [6.07, 6.45) is 2.80. The van der Waals surface area contributed by atoms with Gasteiger partial charge in [-0.3, -0.25) is 5.32 Å². The fourth-order valence-corrected chi connectivity index (χ4v) is 2.82. The van der Waals surface area contributed by atoms with Gasteiger partial charge < -0.3 is 14.8 Å². The monoisotopic (exact) mass is 362 g/mol. The van der Waals surface area contributed by atoms with E-state index in [9.17, 15) is 9.18 Å². The number of rotatable bonds is 5. The van der Waals surface area contributed by atoms with Crippen LogP contribution in [0.15, 0.2) is 41.9 Å². The molecule has 2 amide bonds. The average Bonchev–Trinajstić information content (AvgIpc) is 3.11. The lowest BCUT2D eigenvalue weighted by molar-refractivity contribution is 0.251. The molecule has 0 spiro atoms. The molecule has 2 aromatic rings. The molecular weight excluding hydrogens is 347 g/mol. The molecule has 1 unspecified atom stereocenters. The largest absolute Gasteiger partial charge is 0.497 e. The van der Waals surface area contributed by atoms with E-state index in [2.05, 4.69) is 20.6 Å². The second kappa shape index (κ2) is 7.84. The smallest absolute Gasteiger partial charge is 0.324 e. The van der Waals surface area contributed by atoms with Crippen molar-refractivity contribution in [3.8, 4) is 17.5 Å². The van der Waals surface area contributed by atoms with Crippen LogP contribution in [-0.2, 0) is 0 Å². The number of anilines is 1. The molecule has 25 heavy (non-hydrogen) atoms. The third-order valence-corrected chi connectivity index (χ3v) is 4.12. The van der Waals surface area contributed by atoms with Gasteiger partial charge in [0.25, 0.3) is 0 Å². The lowest BCUT2D eigenvalue weighted by Gasteiger charge is -2.12. The van der Waals surface area contributed by atoms with Crippen LogP contribution in [0.25, 0.3) is 0 Å². The Morgan fingerprint density at radius 2 is 2.08 bits per heavy atom. The van der Waals surface area contributed by atoms with Crippen molar-refractivity contribution in [2.75, 3.05) is 18.2 Å². The van der Waals surface area contributed by atoms with Crippen LogP contribution in [0.1, 0.15) is 0 Å². The van der Waals surface area contributed by atoms with Gasteiger partial charge in [-0.1, -0.05) is 6.08 Å². The Bertz CT molecular complexity index is 785. The van der Waals surface area contributed by atoms with Gasteiger partial charge in [-0.25, -0.2) is 14.2 Å². The quantitative estimate of drug-likeness (QED) is 0.850. The highest BCUT2D eigenvalue weighted by Gasteiger charge is 2.16. The number of benzene rings is 1. The molecule has 2 heterocycles. The molecule has 3 rings (SSSR count). The standard InChI is InChI=1S/C16H15FN4O3S/c1-23-11-2-4-12(5-3-11)24-16-18-8-13(17)14(21-16)20-15(22)19-10-6-7-25-9-10/h2-8,10H,9H2,1H3,(H2,18,19,20,21,22). The van der Waals surface area contributed by atoms with Crippen molar-refractivity contribution < 1.29 is 18.7 Å². The molecule has 0 fully saturated rings. The Morgan fingerprint density at radius 1 is 1.32 bits per heavy atom. The van der Waals surface area contributed by atoms with Gasteiger partial charge in [0, 0.05) is 5.75 Å². The van der Waals surface area contributed by atoms with E-state index in [1.807, 2.05) is 11.5 Å². The average molecular weight is 362 g/mol. The number of nitrogens with one attached hydrogen (secondary N) is 2. The van der Waals surface area contributed by atoms with Gasteiger partial charge in [-0.15, -0.1) is 11.8 Å². The molecule has 2 N–H and O–H groups in total. The predicted octanol–water partition coefficient (Wildman–Crippen LogP) is 3.17. The molecule has 0 bridgehead atoms. The van der Waals surface area contributed by atoms with Gasteiger partial charge in [0.15, 0.2) is 11.6 Å². The normalized spacial score (nSPS) is 15.7. The Kier molecular flexibility index (Phi) is 5.34. The SMILES string of the molecule is COc1ccc(Oc2ncc(F)c(NC(=O)NC3C=CSC3)n2)cc1. The maximum absolute atomic E-state index is 13.8. The Balaban J connectivity index is 1.66. The summed E-state index contributed by atoms with van der Waals surface area (Å²) in [5.74, 6) is 0.853. The van der Waals surface area contributed by atoms with Crippen LogP contribution in [0.5, 0.6) is 17.5 Å². The third-order valence-electron chi connectivity index (χ3n) is 3.22. The summed E-state index contributed by atoms with van der Waals surface area (Å²) in [6, 6.07) is 6.01. The number of ether oxygens (including phenoxy) is 2. The molecule has 0 saturated carbocycles. The van der Waals surface area contributed by atoms with Crippen LogP contribution in [0.2, 0.25) is 0 Å². The van der Waals surface area contributed by atoms with E-state index in [1.165, 1.54) is 0 Å². The summed E-state index contributed by atoms with van der Waals surface area (Å²) in [5.41, 5.74) is 0. The first kappa shape index (κ1) is 17.0. The van der Waals surface area contributed by atoms with Gasteiger partial charge in [-0.05, 0) is 29.7 Å². The maximum atomic E-state index is 13.8. The van der Waals surface area contributed by atoms with Crippen molar-refractivity contribution in [1.82, 2.24) is 15.3 Å². The van der Waals surface area contributed by atoms with E-state index in [1.54, 1.807) is 43.1 Å². The number of thioether (sulfide) groups is 1. The van der Waals surface area contributed by atoms with Crippen LogP contribution in [0.4, 0.5) is 15.0 Å². The van der Waals surface area contributed by atoms with Crippen LogP contribution < -0.4 is 20.1 Å². The van der Waals surface area contributed by atoms with Crippen LogP contribution in [0.3, 0.4) is 0 Å². The van der Waals surface area contributed by atoms with Gasteiger partial charge >= 0.3 is 12.0 Å². The summed E-state index contributed by atoms with van der Waals surface area (Å²) < 4.78 is 24.3. The molecule has 0 aliphatic carbocycles. The van der Waals surface area contributed by atoms with Gasteiger partial charge in [-0.2, -0.15) is 4.98 Å². The van der Waals surface area contributed by atoms with E-state index in [0.29, 0.717) is 11.5 Å². The molecule has 0 saturated heterocycles. The molecule has 9 heteroatoms. The predicted molar refractivity (Wildman–Crippen MR) is 92.6 cm³/mol. The Hall–Kier alpha value is -2.81. The molecule has 130 valence electrons. The summed E-state index contributed by atoms with van der Waals surface area (Å²) in [5, 5.41) is 6.96. The molecule has 0 radical (unpaired) electrons. The molecular formula is C16H15FN4O3S. The highest BCUT2D eigenvalue weighted by atomic mass is 32.2. The molecule has 1 aromatic heterocycles. The summed E-state index contributed by atoms with van der Waals surface area (Å²) in [4.78, 5) is 19.6.